The van der Waals surface area contributed by atoms with Gasteiger partial charge in [-0.2, -0.15) is 0 Å². The molecule has 1 amide bonds. The van der Waals surface area contributed by atoms with Crippen LogP contribution in [-0.4, -0.2) is 35.8 Å². The molecule has 5 aromatic rings. The predicted octanol–water partition coefficient (Wildman–Crippen LogP) is 6.75. The van der Waals surface area contributed by atoms with Gasteiger partial charge in [-0.15, -0.1) is 0 Å². The minimum absolute atomic E-state index is 0.0135. The molecule has 40 heavy (non-hydrogen) atoms. The summed E-state index contributed by atoms with van der Waals surface area (Å²) in [6.07, 6.45) is 0. The van der Waals surface area contributed by atoms with Gasteiger partial charge in [-0.3, -0.25) is 9.52 Å². The fourth-order valence-electron chi connectivity index (χ4n) is 4.15. The van der Waals surface area contributed by atoms with Crippen molar-refractivity contribution in [2.45, 2.75) is 11.4 Å². The van der Waals surface area contributed by atoms with E-state index >= 15 is 0 Å². The zero-order valence-corrected chi connectivity index (χ0v) is 23.8. The first-order valence-electron chi connectivity index (χ1n) is 12.1. The lowest BCUT2D eigenvalue weighted by molar-refractivity contribution is 0.0781. The van der Waals surface area contributed by atoms with Gasteiger partial charge >= 0.3 is 0 Å². The van der Waals surface area contributed by atoms with E-state index in [1.807, 2.05) is 35.9 Å². The molecule has 0 aliphatic rings. The molecule has 1 N–H and O–H groups in total. The van der Waals surface area contributed by atoms with Crippen LogP contribution in [0.15, 0.2) is 95.9 Å². The van der Waals surface area contributed by atoms with Crippen molar-refractivity contribution in [1.82, 2.24) is 14.5 Å². The Bertz CT molecular complexity index is 1820. The van der Waals surface area contributed by atoms with Crippen LogP contribution in [0.2, 0.25) is 10.0 Å². The van der Waals surface area contributed by atoms with Crippen molar-refractivity contribution >= 4 is 55.9 Å². The molecular weight excluding hydrogens is 571 g/mol. The summed E-state index contributed by atoms with van der Waals surface area (Å²) in [6.45, 7) is 0.204. The largest absolute Gasteiger partial charge is 0.456 e. The number of aromatic nitrogens is 2. The fraction of sp³-hybridized carbons (Fsp3) is 0.103. The van der Waals surface area contributed by atoms with Crippen LogP contribution in [0.3, 0.4) is 0 Å². The second kappa shape index (κ2) is 11.2. The summed E-state index contributed by atoms with van der Waals surface area (Å²) in [4.78, 5) is 19.6. The van der Waals surface area contributed by atoms with Crippen LogP contribution in [0.1, 0.15) is 16.2 Å². The lowest BCUT2D eigenvalue weighted by Crippen LogP contribution is -2.28. The van der Waals surface area contributed by atoms with Gasteiger partial charge in [0.05, 0.1) is 38.7 Å². The molecule has 1 heterocycles. The number of carbonyl (C=O) groups excluding carboxylic acids is 1. The number of para-hydroxylation sites is 3. The van der Waals surface area contributed by atoms with E-state index < -0.39 is 15.9 Å². The number of anilines is 1. The Morgan fingerprint density at radius 3 is 2.40 bits per heavy atom. The third-order valence-corrected chi connectivity index (χ3v) is 8.19. The van der Waals surface area contributed by atoms with Crippen molar-refractivity contribution in [2.75, 3.05) is 11.8 Å². The molecule has 0 saturated heterocycles. The van der Waals surface area contributed by atoms with Crippen LogP contribution in [0.4, 0.5) is 5.69 Å². The molecule has 1 aromatic heterocycles. The molecular formula is C29H24Cl2N4O4S. The van der Waals surface area contributed by atoms with Crippen molar-refractivity contribution in [2.24, 2.45) is 7.05 Å². The van der Waals surface area contributed by atoms with Gasteiger partial charge in [0, 0.05) is 19.1 Å². The minimum atomic E-state index is -4.05. The predicted molar refractivity (Wildman–Crippen MR) is 157 cm³/mol. The summed E-state index contributed by atoms with van der Waals surface area (Å²) in [6, 6.07) is 24.9. The topological polar surface area (TPSA) is 93.5 Å². The zero-order chi connectivity index (χ0) is 28.4. The maximum Gasteiger partial charge on any atom is 0.261 e. The lowest BCUT2D eigenvalue weighted by atomic mass is 10.1. The summed E-state index contributed by atoms with van der Waals surface area (Å²) < 4.78 is 36.7. The van der Waals surface area contributed by atoms with E-state index in [9.17, 15) is 13.2 Å². The van der Waals surface area contributed by atoms with Gasteiger partial charge in [0.15, 0.2) is 0 Å². The number of ether oxygens (including phenoxy) is 1. The van der Waals surface area contributed by atoms with E-state index in [4.69, 9.17) is 27.9 Å². The normalized spacial score (nSPS) is 11.4. The highest BCUT2D eigenvalue weighted by molar-refractivity contribution is 7.92. The molecule has 0 saturated carbocycles. The number of hydrogen-bond donors (Lipinski definition) is 1. The lowest BCUT2D eigenvalue weighted by Gasteiger charge is -2.20. The summed E-state index contributed by atoms with van der Waals surface area (Å²) in [5, 5.41) is 0.727. The first-order chi connectivity index (χ1) is 19.1. The number of rotatable bonds is 8. The average Bonchev–Trinajstić information content (AvgIpc) is 3.25. The number of sulfonamides is 1. The van der Waals surface area contributed by atoms with Crippen LogP contribution >= 0.6 is 23.2 Å². The number of nitrogens with zero attached hydrogens (tertiary/aromatic N) is 3. The minimum Gasteiger partial charge on any atom is -0.456 e. The van der Waals surface area contributed by atoms with Crippen LogP contribution in [0, 0.1) is 0 Å². The molecule has 4 aromatic carbocycles. The molecule has 8 nitrogen and oxygen atoms in total. The Balaban J connectivity index is 1.36. The Morgan fingerprint density at radius 1 is 0.975 bits per heavy atom. The summed E-state index contributed by atoms with van der Waals surface area (Å²) >= 11 is 12.3. The summed E-state index contributed by atoms with van der Waals surface area (Å²) in [5.41, 5.74) is 1.97. The number of nitrogens with one attached hydrogen (secondary N) is 1. The van der Waals surface area contributed by atoms with E-state index in [1.54, 1.807) is 31.3 Å². The molecule has 0 aliphatic carbocycles. The van der Waals surface area contributed by atoms with E-state index in [2.05, 4.69) is 9.71 Å². The van der Waals surface area contributed by atoms with Gasteiger partial charge < -0.3 is 14.2 Å². The van der Waals surface area contributed by atoms with E-state index in [0.29, 0.717) is 27.4 Å². The van der Waals surface area contributed by atoms with Gasteiger partial charge in [-0.05, 0) is 66.7 Å². The van der Waals surface area contributed by atoms with Crippen molar-refractivity contribution in [3.05, 3.63) is 112 Å². The standard InChI is InChI=1S/C29H24Cl2N4O4S/c1-34(18-28-32-25-8-4-5-9-26(25)35(28)2)29(36)22-17-19(30)11-16-24(22)33-40(37,38)21-14-12-20(13-15-21)39-27-10-6-3-7-23(27)31/h3-17,33H,18H2,1-2H3. The van der Waals surface area contributed by atoms with Crippen LogP contribution < -0.4 is 9.46 Å². The van der Waals surface area contributed by atoms with Gasteiger partial charge in [0.1, 0.15) is 17.3 Å². The summed E-state index contributed by atoms with van der Waals surface area (Å²) in [7, 11) is -0.545. The second-order valence-electron chi connectivity index (χ2n) is 9.04. The first kappa shape index (κ1) is 27.5. The smallest absolute Gasteiger partial charge is 0.261 e. The number of amides is 1. The number of fused-ring (bicyclic) bond motifs is 1. The Hall–Kier alpha value is -4.05. The molecule has 0 aliphatic heterocycles. The third kappa shape index (κ3) is 5.77. The van der Waals surface area contributed by atoms with Crippen LogP contribution in [0.25, 0.3) is 11.0 Å². The monoisotopic (exact) mass is 594 g/mol. The molecule has 5 rings (SSSR count). The van der Waals surface area contributed by atoms with E-state index in [-0.39, 0.29) is 22.7 Å². The zero-order valence-electron chi connectivity index (χ0n) is 21.5. The SMILES string of the molecule is CN(Cc1nc2ccccc2n1C)C(=O)c1cc(Cl)ccc1NS(=O)(=O)c1ccc(Oc2ccccc2Cl)cc1. The maximum atomic E-state index is 13.5. The molecule has 0 bridgehead atoms. The number of hydrogen-bond acceptors (Lipinski definition) is 5. The van der Waals surface area contributed by atoms with Gasteiger partial charge in [0.2, 0.25) is 0 Å². The molecule has 0 fully saturated rings. The van der Waals surface area contributed by atoms with Crippen molar-refractivity contribution < 1.29 is 17.9 Å². The number of halogens is 2. The Kier molecular flexibility index (Phi) is 7.71. The van der Waals surface area contributed by atoms with Gasteiger partial charge in [-0.25, -0.2) is 13.4 Å². The maximum absolute atomic E-state index is 13.5. The number of aryl methyl sites for hydroxylation is 1. The van der Waals surface area contributed by atoms with E-state index in [1.165, 1.54) is 47.4 Å². The molecule has 0 spiro atoms. The molecule has 0 atom stereocenters. The fourth-order valence-corrected chi connectivity index (χ4v) is 5.58. The summed E-state index contributed by atoms with van der Waals surface area (Å²) in [5.74, 6) is 1.12. The van der Waals surface area contributed by atoms with Gasteiger partial charge in [0.25, 0.3) is 15.9 Å². The average molecular weight is 596 g/mol. The molecule has 204 valence electrons. The van der Waals surface area contributed by atoms with Gasteiger partial charge in [-0.1, -0.05) is 47.5 Å². The number of benzene rings is 4. The highest BCUT2D eigenvalue weighted by Gasteiger charge is 2.23. The van der Waals surface area contributed by atoms with E-state index in [0.717, 1.165) is 11.0 Å². The molecule has 11 heteroatoms. The quantitative estimate of drug-likeness (QED) is 0.214. The first-order valence-corrected chi connectivity index (χ1v) is 14.4. The van der Waals surface area contributed by atoms with Crippen molar-refractivity contribution in [1.29, 1.82) is 0 Å². The second-order valence-corrected chi connectivity index (χ2v) is 11.6. The Labute approximate surface area is 241 Å². The highest BCUT2D eigenvalue weighted by Crippen LogP contribution is 2.30. The van der Waals surface area contributed by atoms with Crippen LogP contribution in [0.5, 0.6) is 11.5 Å². The third-order valence-electron chi connectivity index (χ3n) is 6.26. The molecule has 0 radical (unpaired) electrons. The highest BCUT2D eigenvalue weighted by atomic mass is 35.5. The van der Waals surface area contributed by atoms with Crippen LogP contribution in [-0.2, 0) is 23.6 Å². The van der Waals surface area contributed by atoms with Crippen molar-refractivity contribution in [3.63, 3.8) is 0 Å². The Morgan fingerprint density at radius 2 is 1.68 bits per heavy atom. The number of carbonyl (C=O) groups is 1. The molecule has 0 unspecified atom stereocenters. The number of imidazole rings is 1. The van der Waals surface area contributed by atoms with Crippen molar-refractivity contribution in [3.8, 4) is 11.5 Å².